The zero-order valence-corrected chi connectivity index (χ0v) is 12.0. The molecule has 0 amide bonds. The lowest BCUT2D eigenvalue weighted by atomic mass is 10.2. The number of benzene rings is 2. The van der Waals surface area contributed by atoms with Gasteiger partial charge in [-0.05, 0) is 35.9 Å². The minimum atomic E-state index is -3.18. The van der Waals surface area contributed by atoms with Gasteiger partial charge in [0.1, 0.15) is 0 Å². The van der Waals surface area contributed by atoms with Gasteiger partial charge in [0, 0.05) is 23.5 Å². The highest BCUT2D eigenvalue weighted by molar-refractivity contribution is 7.90. The highest BCUT2D eigenvalue weighted by atomic mass is 35.5. The minimum absolute atomic E-state index is 0.309. The molecule has 0 bridgehead atoms. The number of halogens is 1. The fourth-order valence-corrected chi connectivity index (χ4v) is 2.57. The van der Waals surface area contributed by atoms with Gasteiger partial charge < -0.3 is 5.32 Å². The molecule has 2 aromatic carbocycles. The minimum Gasteiger partial charge on any atom is -0.381 e. The van der Waals surface area contributed by atoms with Crippen LogP contribution in [0, 0.1) is 0 Å². The Morgan fingerprint density at radius 1 is 1.11 bits per heavy atom. The molecule has 0 atom stereocenters. The summed E-state index contributed by atoms with van der Waals surface area (Å²) in [5.41, 5.74) is 1.81. The third-order valence-electron chi connectivity index (χ3n) is 2.65. The fraction of sp³-hybridized carbons (Fsp3) is 0.143. The van der Waals surface area contributed by atoms with Crippen molar-refractivity contribution < 1.29 is 8.42 Å². The monoisotopic (exact) mass is 295 g/mol. The highest BCUT2D eigenvalue weighted by Gasteiger charge is 2.06. The molecule has 0 aliphatic rings. The summed E-state index contributed by atoms with van der Waals surface area (Å²) in [6.07, 6.45) is 1.20. The number of hydrogen-bond acceptors (Lipinski definition) is 3. The van der Waals surface area contributed by atoms with Gasteiger partial charge in [0.05, 0.1) is 4.90 Å². The molecule has 0 saturated heterocycles. The molecule has 1 N–H and O–H groups in total. The Bertz CT molecular complexity index is 683. The Morgan fingerprint density at radius 2 is 1.84 bits per heavy atom. The molecule has 2 rings (SSSR count). The molecule has 19 heavy (non-hydrogen) atoms. The maximum atomic E-state index is 11.5. The first kappa shape index (κ1) is 13.9. The molecule has 0 aromatic heterocycles. The lowest BCUT2D eigenvalue weighted by molar-refractivity contribution is 0.602. The molecule has 0 spiro atoms. The Kier molecular flexibility index (Phi) is 4.12. The standard InChI is InChI=1S/C14H14ClNO2S/c1-19(17,18)14-7-3-6-13(9-14)16-10-11-4-2-5-12(15)8-11/h2-9,16H,10H2,1H3. The fourth-order valence-electron chi connectivity index (χ4n) is 1.69. The Hall–Kier alpha value is -1.52. The van der Waals surface area contributed by atoms with Crippen molar-refractivity contribution in [3.05, 3.63) is 59.1 Å². The predicted octanol–water partition coefficient (Wildman–Crippen LogP) is 3.36. The molecular formula is C14H14ClNO2S. The summed E-state index contributed by atoms with van der Waals surface area (Å²) in [5.74, 6) is 0. The van der Waals surface area contributed by atoms with Crippen molar-refractivity contribution in [1.29, 1.82) is 0 Å². The quantitative estimate of drug-likeness (QED) is 0.941. The molecule has 0 aliphatic carbocycles. The van der Waals surface area contributed by atoms with Crippen LogP contribution in [0.3, 0.4) is 0 Å². The zero-order chi connectivity index (χ0) is 13.9. The smallest absolute Gasteiger partial charge is 0.175 e. The molecule has 0 radical (unpaired) electrons. The summed E-state index contributed by atoms with van der Waals surface area (Å²) in [7, 11) is -3.18. The summed E-state index contributed by atoms with van der Waals surface area (Å²) in [6, 6.07) is 14.3. The normalized spacial score (nSPS) is 11.3. The SMILES string of the molecule is CS(=O)(=O)c1cccc(NCc2cccc(Cl)c2)c1. The summed E-state index contributed by atoms with van der Waals surface area (Å²) in [4.78, 5) is 0.309. The van der Waals surface area contributed by atoms with Crippen LogP contribution in [0.25, 0.3) is 0 Å². The van der Waals surface area contributed by atoms with Gasteiger partial charge in [-0.1, -0.05) is 29.8 Å². The average Bonchev–Trinajstić information content (AvgIpc) is 2.36. The average molecular weight is 296 g/mol. The van der Waals surface area contributed by atoms with E-state index in [2.05, 4.69) is 5.32 Å². The van der Waals surface area contributed by atoms with Gasteiger partial charge >= 0.3 is 0 Å². The van der Waals surface area contributed by atoms with Gasteiger partial charge in [0.25, 0.3) is 0 Å². The zero-order valence-electron chi connectivity index (χ0n) is 10.4. The molecule has 5 heteroatoms. The van der Waals surface area contributed by atoms with E-state index in [1.807, 2.05) is 30.3 Å². The van der Waals surface area contributed by atoms with Crippen LogP contribution in [-0.2, 0) is 16.4 Å². The van der Waals surface area contributed by atoms with E-state index in [0.717, 1.165) is 11.3 Å². The van der Waals surface area contributed by atoms with Gasteiger partial charge in [-0.15, -0.1) is 0 Å². The number of rotatable bonds is 4. The van der Waals surface area contributed by atoms with E-state index in [0.29, 0.717) is 16.5 Å². The van der Waals surface area contributed by atoms with Crippen molar-refractivity contribution in [2.45, 2.75) is 11.4 Å². The van der Waals surface area contributed by atoms with E-state index in [-0.39, 0.29) is 0 Å². The maximum absolute atomic E-state index is 11.5. The lowest BCUT2D eigenvalue weighted by Crippen LogP contribution is -2.02. The summed E-state index contributed by atoms with van der Waals surface area (Å²) in [6.45, 7) is 0.591. The van der Waals surface area contributed by atoms with Crippen LogP contribution >= 0.6 is 11.6 Å². The van der Waals surface area contributed by atoms with Crippen LogP contribution in [0.5, 0.6) is 0 Å². The van der Waals surface area contributed by atoms with Crippen molar-refractivity contribution in [3.8, 4) is 0 Å². The van der Waals surface area contributed by atoms with Gasteiger partial charge in [0.2, 0.25) is 0 Å². The first-order valence-electron chi connectivity index (χ1n) is 5.73. The van der Waals surface area contributed by atoms with E-state index >= 15 is 0 Å². The van der Waals surface area contributed by atoms with E-state index < -0.39 is 9.84 Å². The summed E-state index contributed by atoms with van der Waals surface area (Å²) >= 11 is 5.90. The van der Waals surface area contributed by atoms with Crippen molar-refractivity contribution in [3.63, 3.8) is 0 Å². The van der Waals surface area contributed by atoms with Gasteiger partial charge in [-0.2, -0.15) is 0 Å². The van der Waals surface area contributed by atoms with Crippen LogP contribution in [-0.4, -0.2) is 14.7 Å². The van der Waals surface area contributed by atoms with E-state index in [4.69, 9.17) is 11.6 Å². The second-order valence-electron chi connectivity index (χ2n) is 4.28. The molecule has 0 heterocycles. The molecule has 3 nitrogen and oxygen atoms in total. The van der Waals surface area contributed by atoms with Crippen LogP contribution in [0.1, 0.15) is 5.56 Å². The Labute approximate surface area is 118 Å². The first-order valence-corrected chi connectivity index (χ1v) is 8.00. The molecule has 100 valence electrons. The van der Waals surface area contributed by atoms with Crippen molar-refractivity contribution in [2.24, 2.45) is 0 Å². The van der Waals surface area contributed by atoms with Gasteiger partial charge in [-0.25, -0.2) is 8.42 Å². The molecule has 2 aromatic rings. The number of anilines is 1. The maximum Gasteiger partial charge on any atom is 0.175 e. The van der Waals surface area contributed by atoms with Crippen LogP contribution in [0.2, 0.25) is 5.02 Å². The van der Waals surface area contributed by atoms with E-state index in [1.54, 1.807) is 18.2 Å². The van der Waals surface area contributed by atoms with Crippen molar-refractivity contribution in [2.75, 3.05) is 11.6 Å². The third-order valence-corrected chi connectivity index (χ3v) is 3.99. The van der Waals surface area contributed by atoms with Crippen LogP contribution < -0.4 is 5.32 Å². The second-order valence-corrected chi connectivity index (χ2v) is 6.74. The van der Waals surface area contributed by atoms with Crippen LogP contribution in [0.15, 0.2) is 53.4 Å². The molecule has 0 aliphatic heterocycles. The number of hydrogen-bond donors (Lipinski definition) is 1. The van der Waals surface area contributed by atoms with Crippen molar-refractivity contribution in [1.82, 2.24) is 0 Å². The van der Waals surface area contributed by atoms with E-state index in [9.17, 15) is 8.42 Å². The lowest BCUT2D eigenvalue weighted by Gasteiger charge is -2.08. The first-order chi connectivity index (χ1) is 8.95. The van der Waals surface area contributed by atoms with Gasteiger partial charge in [-0.3, -0.25) is 0 Å². The van der Waals surface area contributed by atoms with Crippen LogP contribution in [0.4, 0.5) is 5.69 Å². The van der Waals surface area contributed by atoms with E-state index in [1.165, 1.54) is 6.26 Å². The summed E-state index contributed by atoms with van der Waals surface area (Å²) in [5, 5.41) is 3.86. The number of nitrogens with one attached hydrogen (secondary N) is 1. The molecule has 0 saturated carbocycles. The Morgan fingerprint density at radius 3 is 2.53 bits per heavy atom. The number of sulfone groups is 1. The molecular weight excluding hydrogens is 282 g/mol. The Balaban J connectivity index is 2.12. The second kappa shape index (κ2) is 5.63. The topological polar surface area (TPSA) is 46.2 Å². The van der Waals surface area contributed by atoms with Gasteiger partial charge in [0.15, 0.2) is 9.84 Å². The third kappa shape index (κ3) is 3.98. The molecule has 0 fully saturated rings. The van der Waals surface area contributed by atoms with Crippen molar-refractivity contribution >= 4 is 27.1 Å². The molecule has 0 unspecified atom stereocenters. The largest absolute Gasteiger partial charge is 0.381 e. The summed E-state index contributed by atoms with van der Waals surface area (Å²) < 4.78 is 22.9. The highest BCUT2D eigenvalue weighted by Crippen LogP contribution is 2.17. The predicted molar refractivity (Wildman–Crippen MR) is 78.3 cm³/mol.